The van der Waals surface area contributed by atoms with Crippen LogP contribution >= 0.6 is 0 Å². The molecule has 0 aliphatic heterocycles. The second-order valence-electron chi connectivity index (χ2n) is 3.07. The number of carbonyl (C=O) groups is 2. The first kappa shape index (κ1) is 14.1. The third kappa shape index (κ3) is 8.08. The summed E-state index contributed by atoms with van der Waals surface area (Å²) in [6, 6.07) is 0. The van der Waals surface area contributed by atoms with Crippen LogP contribution < -0.4 is 0 Å². The molecule has 0 radical (unpaired) electrons. The number of carbonyl (C=O) groups excluding carboxylic acids is 2. The van der Waals surface area contributed by atoms with Gasteiger partial charge in [0.05, 0.1) is 7.11 Å². The molecular weight excluding hydrogens is 200 g/mol. The van der Waals surface area contributed by atoms with Crippen LogP contribution in [0.3, 0.4) is 0 Å². The average molecular weight is 218 g/mol. The smallest absolute Gasteiger partial charge is 0.305 e. The topological polar surface area (TPSA) is 61.8 Å². The molecule has 88 valence electrons. The molecule has 0 bridgehead atoms. The number of unbranched alkanes of at least 4 members (excludes halogenated alkanes) is 1. The van der Waals surface area contributed by atoms with E-state index < -0.39 is 6.10 Å². The maximum atomic E-state index is 10.8. The molecule has 0 rings (SSSR count). The second kappa shape index (κ2) is 9.61. The Labute approximate surface area is 89.7 Å². The first-order valence-corrected chi connectivity index (χ1v) is 4.87. The lowest BCUT2D eigenvalue weighted by Gasteiger charge is -2.10. The molecule has 5 nitrogen and oxygen atoms in total. The van der Waals surface area contributed by atoms with Gasteiger partial charge in [-0.15, -0.1) is 0 Å². The highest BCUT2D eigenvalue weighted by atomic mass is 16.7. The highest BCUT2D eigenvalue weighted by Gasteiger charge is 2.07. The Kier molecular flexibility index (Phi) is 9.01. The van der Waals surface area contributed by atoms with Crippen LogP contribution in [0.5, 0.6) is 0 Å². The fourth-order valence-corrected chi connectivity index (χ4v) is 1.06. The quantitative estimate of drug-likeness (QED) is 0.249. The zero-order chi connectivity index (χ0) is 11.5. The summed E-state index contributed by atoms with van der Waals surface area (Å²) in [6.45, 7) is 0.112. The predicted molar refractivity (Wildman–Crippen MR) is 53.3 cm³/mol. The first-order valence-electron chi connectivity index (χ1n) is 4.87. The third-order valence-corrected chi connectivity index (χ3v) is 1.90. The van der Waals surface area contributed by atoms with Crippen molar-refractivity contribution in [3.63, 3.8) is 0 Å². The van der Waals surface area contributed by atoms with Crippen molar-refractivity contribution >= 4 is 12.3 Å². The molecule has 0 spiro atoms. The molecule has 0 saturated heterocycles. The molecule has 0 aliphatic rings. The predicted octanol–water partition coefficient (Wildman–Crippen LogP) is 0.908. The SMILES string of the molecule is COCO[C@H](C=O)CCCCC(=O)OC. The lowest BCUT2D eigenvalue weighted by atomic mass is 10.1. The van der Waals surface area contributed by atoms with E-state index in [1.165, 1.54) is 14.2 Å². The minimum Gasteiger partial charge on any atom is -0.469 e. The van der Waals surface area contributed by atoms with E-state index in [0.29, 0.717) is 19.3 Å². The third-order valence-electron chi connectivity index (χ3n) is 1.90. The first-order chi connectivity index (χ1) is 7.24. The number of hydrogen-bond donors (Lipinski definition) is 0. The van der Waals surface area contributed by atoms with Gasteiger partial charge in [0.2, 0.25) is 0 Å². The van der Waals surface area contributed by atoms with Crippen LogP contribution in [0, 0.1) is 0 Å². The monoisotopic (exact) mass is 218 g/mol. The van der Waals surface area contributed by atoms with Gasteiger partial charge in [0, 0.05) is 13.5 Å². The van der Waals surface area contributed by atoms with E-state index in [-0.39, 0.29) is 12.8 Å². The molecule has 15 heavy (non-hydrogen) atoms. The van der Waals surface area contributed by atoms with Gasteiger partial charge in [0.1, 0.15) is 19.2 Å². The van der Waals surface area contributed by atoms with E-state index >= 15 is 0 Å². The van der Waals surface area contributed by atoms with Crippen LogP contribution in [0.4, 0.5) is 0 Å². The zero-order valence-electron chi connectivity index (χ0n) is 9.23. The van der Waals surface area contributed by atoms with E-state index in [1.54, 1.807) is 0 Å². The van der Waals surface area contributed by atoms with Crippen LogP contribution in [0.25, 0.3) is 0 Å². The van der Waals surface area contributed by atoms with Gasteiger partial charge in [-0.2, -0.15) is 0 Å². The average Bonchev–Trinajstić information content (AvgIpc) is 2.27. The number of ether oxygens (including phenoxy) is 3. The maximum Gasteiger partial charge on any atom is 0.305 e. The normalized spacial score (nSPS) is 12.1. The van der Waals surface area contributed by atoms with Crippen molar-refractivity contribution in [2.24, 2.45) is 0 Å². The van der Waals surface area contributed by atoms with Crippen molar-refractivity contribution in [2.75, 3.05) is 21.0 Å². The van der Waals surface area contributed by atoms with Gasteiger partial charge in [-0.25, -0.2) is 0 Å². The molecular formula is C10H18O5. The van der Waals surface area contributed by atoms with Crippen LogP contribution in [0.1, 0.15) is 25.7 Å². The molecule has 5 heteroatoms. The molecule has 0 aromatic rings. The minimum absolute atomic E-state index is 0.112. The summed E-state index contributed by atoms with van der Waals surface area (Å²) < 4.78 is 14.2. The molecule has 0 N–H and O–H groups in total. The Morgan fingerprint density at radius 3 is 2.60 bits per heavy atom. The van der Waals surface area contributed by atoms with Crippen LogP contribution in [0.15, 0.2) is 0 Å². The number of esters is 1. The van der Waals surface area contributed by atoms with Crippen molar-refractivity contribution in [2.45, 2.75) is 31.8 Å². The summed E-state index contributed by atoms with van der Waals surface area (Å²) in [5.74, 6) is -0.226. The molecule has 0 aromatic heterocycles. The van der Waals surface area contributed by atoms with E-state index in [2.05, 4.69) is 9.47 Å². The Morgan fingerprint density at radius 1 is 1.33 bits per heavy atom. The van der Waals surface area contributed by atoms with Gasteiger partial charge in [-0.3, -0.25) is 4.79 Å². The molecule has 0 aromatic carbocycles. The Morgan fingerprint density at radius 2 is 2.07 bits per heavy atom. The summed E-state index contributed by atoms with van der Waals surface area (Å²) in [5.41, 5.74) is 0. The highest BCUT2D eigenvalue weighted by molar-refractivity contribution is 5.69. The molecule has 0 unspecified atom stereocenters. The lowest BCUT2D eigenvalue weighted by Crippen LogP contribution is -2.16. The van der Waals surface area contributed by atoms with Gasteiger partial charge >= 0.3 is 5.97 Å². The Balaban J connectivity index is 3.45. The Hall–Kier alpha value is -0.940. The standard InChI is InChI=1S/C10H18O5/c1-13-8-15-9(7-11)5-3-4-6-10(12)14-2/h7,9H,3-6,8H2,1-2H3/t9-/m0/s1. The second-order valence-corrected chi connectivity index (χ2v) is 3.07. The molecule has 1 atom stereocenters. The van der Waals surface area contributed by atoms with Gasteiger partial charge in [0.25, 0.3) is 0 Å². The van der Waals surface area contributed by atoms with Crippen molar-refractivity contribution in [1.29, 1.82) is 0 Å². The van der Waals surface area contributed by atoms with E-state index in [0.717, 1.165) is 12.7 Å². The largest absolute Gasteiger partial charge is 0.469 e. The summed E-state index contributed by atoms with van der Waals surface area (Å²) in [6.07, 6.45) is 2.74. The molecule has 0 saturated carbocycles. The van der Waals surface area contributed by atoms with E-state index in [4.69, 9.17) is 4.74 Å². The fraction of sp³-hybridized carbons (Fsp3) is 0.800. The minimum atomic E-state index is -0.442. The zero-order valence-corrected chi connectivity index (χ0v) is 9.23. The highest BCUT2D eigenvalue weighted by Crippen LogP contribution is 2.06. The summed E-state index contributed by atoms with van der Waals surface area (Å²) >= 11 is 0. The molecule has 0 amide bonds. The Bertz CT molecular complexity index is 181. The van der Waals surface area contributed by atoms with Crippen LogP contribution in [-0.2, 0) is 23.8 Å². The van der Waals surface area contributed by atoms with Gasteiger partial charge < -0.3 is 19.0 Å². The number of methoxy groups -OCH3 is 2. The van der Waals surface area contributed by atoms with E-state index in [1.807, 2.05) is 0 Å². The summed E-state index contributed by atoms with van der Waals surface area (Å²) in [7, 11) is 2.86. The fourth-order valence-electron chi connectivity index (χ4n) is 1.06. The van der Waals surface area contributed by atoms with Crippen molar-refractivity contribution in [3.05, 3.63) is 0 Å². The number of aldehydes is 1. The summed E-state index contributed by atoms with van der Waals surface area (Å²) in [4.78, 5) is 21.3. The van der Waals surface area contributed by atoms with Crippen LogP contribution in [-0.4, -0.2) is 39.4 Å². The molecule has 0 heterocycles. The van der Waals surface area contributed by atoms with E-state index in [9.17, 15) is 9.59 Å². The van der Waals surface area contributed by atoms with Gasteiger partial charge in [-0.1, -0.05) is 0 Å². The van der Waals surface area contributed by atoms with Crippen molar-refractivity contribution < 1.29 is 23.8 Å². The van der Waals surface area contributed by atoms with Crippen molar-refractivity contribution in [3.8, 4) is 0 Å². The molecule has 0 aliphatic carbocycles. The van der Waals surface area contributed by atoms with Gasteiger partial charge in [-0.05, 0) is 19.3 Å². The number of rotatable bonds is 9. The maximum absolute atomic E-state index is 10.8. The number of hydrogen-bond acceptors (Lipinski definition) is 5. The summed E-state index contributed by atoms with van der Waals surface area (Å²) in [5, 5.41) is 0. The van der Waals surface area contributed by atoms with Crippen LogP contribution in [0.2, 0.25) is 0 Å². The van der Waals surface area contributed by atoms with Gasteiger partial charge in [0.15, 0.2) is 0 Å². The lowest BCUT2D eigenvalue weighted by molar-refractivity contribution is -0.140. The molecule has 0 fully saturated rings. The van der Waals surface area contributed by atoms with Crippen molar-refractivity contribution in [1.82, 2.24) is 0 Å².